The van der Waals surface area contributed by atoms with E-state index < -0.39 is 5.97 Å². The zero-order valence-electron chi connectivity index (χ0n) is 14.2. The number of esters is 1. The van der Waals surface area contributed by atoms with Crippen LogP contribution in [0.4, 0.5) is 0 Å². The average Bonchev–Trinajstić information content (AvgIpc) is 2.59. The number of aryl methyl sites for hydroxylation is 1. The van der Waals surface area contributed by atoms with Gasteiger partial charge in [0.1, 0.15) is 5.75 Å². The van der Waals surface area contributed by atoms with Gasteiger partial charge in [-0.05, 0) is 49.9 Å². The van der Waals surface area contributed by atoms with Crippen LogP contribution in [0, 0.1) is 0 Å². The number of hydrogen-bond acceptors (Lipinski definition) is 5. The third kappa shape index (κ3) is 4.14. The first-order valence-corrected chi connectivity index (χ1v) is 8.16. The van der Waals surface area contributed by atoms with Gasteiger partial charge < -0.3 is 19.8 Å². The molecule has 2 rings (SSSR count). The molecule has 0 spiro atoms. The van der Waals surface area contributed by atoms with E-state index in [1.165, 1.54) is 7.11 Å². The Bertz CT molecular complexity index is 767. The second-order valence-electron chi connectivity index (χ2n) is 5.54. The van der Waals surface area contributed by atoms with Gasteiger partial charge >= 0.3 is 5.97 Å². The van der Waals surface area contributed by atoms with Crippen molar-refractivity contribution in [2.75, 3.05) is 20.3 Å². The van der Waals surface area contributed by atoms with Gasteiger partial charge in [-0.15, -0.1) is 0 Å². The molecule has 0 unspecified atom stereocenters. The fourth-order valence-corrected chi connectivity index (χ4v) is 2.61. The molecule has 0 atom stereocenters. The van der Waals surface area contributed by atoms with Gasteiger partial charge in [0.05, 0.1) is 25.7 Å². The number of fused-ring (bicyclic) bond motifs is 1. The quantitative estimate of drug-likeness (QED) is 0.589. The average molecular weight is 332 g/mol. The summed E-state index contributed by atoms with van der Waals surface area (Å²) in [6.07, 6.45) is 1.79. The molecule has 1 aromatic carbocycles. The zero-order valence-corrected chi connectivity index (χ0v) is 14.2. The van der Waals surface area contributed by atoms with Gasteiger partial charge in [0.15, 0.2) is 0 Å². The van der Waals surface area contributed by atoms with E-state index in [-0.39, 0.29) is 12.0 Å². The van der Waals surface area contributed by atoms with E-state index in [0.717, 1.165) is 29.5 Å². The monoisotopic (exact) mass is 332 g/mol. The van der Waals surface area contributed by atoms with Gasteiger partial charge in [-0.1, -0.05) is 0 Å². The fourth-order valence-electron chi connectivity index (χ4n) is 2.61. The molecule has 2 aromatic rings. The molecule has 0 aliphatic carbocycles. The Morgan fingerprint density at radius 3 is 2.71 bits per heavy atom. The summed E-state index contributed by atoms with van der Waals surface area (Å²) in [5, 5.41) is 0.893. The number of unbranched alkanes of at least 4 members (excludes halogenated alkanes) is 1. The Morgan fingerprint density at radius 1 is 1.25 bits per heavy atom. The first-order chi connectivity index (χ1) is 11.6. The molecule has 0 amide bonds. The Morgan fingerprint density at radius 2 is 2.04 bits per heavy atom. The molecule has 24 heavy (non-hydrogen) atoms. The third-order valence-electron chi connectivity index (χ3n) is 3.89. The molecule has 6 heteroatoms. The van der Waals surface area contributed by atoms with Crippen LogP contribution in [0.1, 0.15) is 25.3 Å². The molecule has 1 heterocycles. The van der Waals surface area contributed by atoms with Gasteiger partial charge in [-0.2, -0.15) is 0 Å². The van der Waals surface area contributed by atoms with Crippen molar-refractivity contribution in [1.82, 2.24) is 4.57 Å². The van der Waals surface area contributed by atoms with E-state index in [9.17, 15) is 9.59 Å². The number of carbonyl (C=O) groups excluding carboxylic acids is 1. The second kappa shape index (κ2) is 8.49. The van der Waals surface area contributed by atoms with Crippen LogP contribution in [0.3, 0.4) is 0 Å². The Balaban J connectivity index is 2.36. The van der Waals surface area contributed by atoms with Gasteiger partial charge in [0, 0.05) is 18.2 Å². The highest BCUT2D eigenvalue weighted by Crippen LogP contribution is 2.21. The van der Waals surface area contributed by atoms with Crippen LogP contribution in [0.25, 0.3) is 10.9 Å². The maximum Gasteiger partial charge on any atom is 0.310 e. The molecule has 0 bridgehead atoms. The van der Waals surface area contributed by atoms with Crippen LogP contribution < -0.4 is 16.0 Å². The van der Waals surface area contributed by atoms with Gasteiger partial charge in [-0.25, -0.2) is 0 Å². The predicted molar refractivity (Wildman–Crippen MR) is 93.4 cm³/mol. The Kier molecular flexibility index (Phi) is 6.37. The summed E-state index contributed by atoms with van der Waals surface area (Å²) in [7, 11) is 1.32. The van der Waals surface area contributed by atoms with Crippen LogP contribution >= 0.6 is 0 Å². The highest BCUT2D eigenvalue weighted by molar-refractivity contribution is 5.82. The summed E-state index contributed by atoms with van der Waals surface area (Å²) >= 11 is 0. The van der Waals surface area contributed by atoms with Crippen LogP contribution in [-0.4, -0.2) is 30.8 Å². The van der Waals surface area contributed by atoms with Crippen molar-refractivity contribution >= 4 is 16.9 Å². The summed E-state index contributed by atoms with van der Waals surface area (Å²) in [4.78, 5) is 24.1. The van der Waals surface area contributed by atoms with Crippen molar-refractivity contribution in [3.8, 4) is 5.75 Å². The van der Waals surface area contributed by atoms with Gasteiger partial charge in [0.25, 0.3) is 5.56 Å². The number of nitrogens with zero attached hydrogens (tertiary/aromatic N) is 1. The number of rotatable bonds is 8. The maximum atomic E-state index is 12.6. The Hall–Kier alpha value is -2.34. The van der Waals surface area contributed by atoms with Crippen molar-refractivity contribution in [3.05, 3.63) is 40.2 Å². The van der Waals surface area contributed by atoms with E-state index in [4.69, 9.17) is 10.5 Å². The lowest BCUT2D eigenvalue weighted by atomic mass is 10.1. The molecule has 0 saturated heterocycles. The number of pyridine rings is 1. The van der Waals surface area contributed by atoms with Crippen molar-refractivity contribution in [2.45, 2.75) is 32.7 Å². The largest absolute Gasteiger partial charge is 0.494 e. The number of ether oxygens (including phenoxy) is 2. The smallest absolute Gasteiger partial charge is 0.310 e. The molecule has 1 aromatic heterocycles. The minimum Gasteiger partial charge on any atom is -0.494 e. The van der Waals surface area contributed by atoms with Crippen LogP contribution in [0.2, 0.25) is 0 Å². The number of methoxy groups -OCH3 is 1. The molecule has 0 aliphatic rings. The van der Waals surface area contributed by atoms with Gasteiger partial charge in [0.2, 0.25) is 0 Å². The molecule has 0 saturated carbocycles. The summed E-state index contributed by atoms with van der Waals surface area (Å²) in [6.45, 7) is 3.66. The fraction of sp³-hybridized carbons (Fsp3) is 0.444. The molecule has 2 N–H and O–H groups in total. The lowest BCUT2D eigenvalue weighted by molar-refractivity contribution is -0.139. The van der Waals surface area contributed by atoms with E-state index in [1.54, 1.807) is 10.6 Å². The van der Waals surface area contributed by atoms with E-state index in [2.05, 4.69) is 4.74 Å². The zero-order chi connectivity index (χ0) is 17.5. The van der Waals surface area contributed by atoms with Crippen molar-refractivity contribution in [2.24, 2.45) is 5.73 Å². The molecule has 0 radical (unpaired) electrons. The van der Waals surface area contributed by atoms with Crippen LogP contribution in [0.15, 0.2) is 29.1 Å². The van der Waals surface area contributed by atoms with E-state index in [0.29, 0.717) is 25.3 Å². The number of carbonyl (C=O) groups is 1. The van der Waals surface area contributed by atoms with Gasteiger partial charge in [-0.3, -0.25) is 9.59 Å². The summed E-state index contributed by atoms with van der Waals surface area (Å²) in [5.74, 6) is 0.302. The molecule has 6 nitrogen and oxygen atoms in total. The standard InChI is InChI=1S/C18H24N2O4/c1-3-20-16-12-15(24-9-5-4-8-19)7-6-13(16)10-14(18(20)22)11-17(21)23-2/h6-7,10,12H,3-5,8-9,11,19H2,1-2H3. The van der Waals surface area contributed by atoms with Crippen LogP contribution in [0.5, 0.6) is 5.75 Å². The predicted octanol–water partition coefficient (Wildman–Crippen LogP) is 1.85. The second-order valence-corrected chi connectivity index (χ2v) is 5.54. The highest BCUT2D eigenvalue weighted by Gasteiger charge is 2.13. The summed E-state index contributed by atoms with van der Waals surface area (Å²) in [6, 6.07) is 7.39. The van der Waals surface area contributed by atoms with Crippen molar-refractivity contribution in [3.63, 3.8) is 0 Å². The summed E-state index contributed by atoms with van der Waals surface area (Å²) in [5.41, 5.74) is 6.53. The first-order valence-electron chi connectivity index (χ1n) is 8.16. The third-order valence-corrected chi connectivity index (χ3v) is 3.89. The van der Waals surface area contributed by atoms with Crippen LogP contribution in [-0.2, 0) is 22.5 Å². The molecule has 130 valence electrons. The number of hydrogen-bond donors (Lipinski definition) is 1. The topological polar surface area (TPSA) is 83.5 Å². The number of nitrogens with two attached hydrogens (primary N) is 1. The van der Waals surface area contributed by atoms with Crippen molar-refractivity contribution < 1.29 is 14.3 Å². The molecular formula is C18H24N2O4. The number of aromatic nitrogens is 1. The minimum atomic E-state index is -0.422. The summed E-state index contributed by atoms with van der Waals surface area (Å²) < 4.78 is 12.0. The molecular weight excluding hydrogens is 308 g/mol. The molecule has 0 aliphatic heterocycles. The highest BCUT2D eigenvalue weighted by atomic mass is 16.5. The van der Waals surface area contributed by atoms with E-state index in [1.807, 2.05) is 25.1 Å². The van der Waals surface area contributed by atoms with E-state index >= 15 is 0 Å². The van der Waals surface area contributed by atoms with Crippen molar-refractivity contribution in [1.29, 1.82) is 0 Å². The SMILES string of the molecule is CCn1c(=O)c(CC(=O)OC)cc2ccc(OCCCCN)cc21. The molecule has 0 fully saturated rings. The number of benzene rings is 1. The first kappa shape index (κ1) is 18.0. The normalized spacial score (nSPS) is 10.8. The Labute approximate surface area is 141 Å². The maximum absolute atomic E-state index is 12.6. The minimum absolute atomic E-state index is 0.0252. The lowest BCUT2D eigenvalue weighted by Crippen LogP contribution is -2.25. The lowest BCUT2D eigenvalue weighted by Gasteiger charge is -2.13.